The van der Waals surface area contributed by atoms with Crippen molar-refractivity contribution in [3.63, 3.8) is 0 Å². The molecule has 0 saturated heterocycles. The Hall–Kier alpha value is -3.16. The van der Waals surface area contributed by atoms with Crippen LogP contribution in [0, 0.1) is 0 Å². The lowest BCUT2D eigenvalue weighted by Crippen LogP contribution is -2.35. The van der Waals surface area contributed by atoms with Crippen molar-refractivity contribution in [3.8, 4) is 0 Å². The molecule has 3 rings (SSSR count). The highest BCUT2D eigenvalue weighted by Gasteiger charge is 2.30. The molecule has 1 aliphatic heterocycles. The molecule has 0 radical (unpaired) electrons. The molecule has 2 heterocycles. The standard InChI is InChI=1S/C18H21N5O3/c1-12-8-9-22(21-12)15-6-4-13(5-7-15)16(24)20-14-10-19-23(11-14)18(2,3)17(25)26/h4-7,10-11H,8-9H2,1-3H3,(H,20,24)(H,25,26). The second kappa shape index (κ2) is 6.62. The van der Waals surface area contributed by atoms with Crippen LogP contribution < -0.4 is 10.3 Å². The van der Waals surface area contributed by atoms with Crippen LogP contribution in [0.4, 0.5) is 11.4 Å². The lowest BCUT2D eigenvalue weighted by Gasteiger charge is -2.19. The Morgan fingerprint density at radius 1 is 1.23 bits per heavy atom. The Kier molecular flexibility index (Phi) is 4.50. The number of amides is 1. The van der Waals surface area contributed by atoms with Crippen LogP contribution in [0.5, 0.6) is 0 Å². The minimum atomic E-state index is -1.20. The van der Waals surface area contributed by atoms with E-state index in [2.05, 4.69) is 15.5 Å². The monoisotopic (exact) mass is 355 g/mol. The number of carboxylic acids is 1. The molecule has 0 saturated carbocycles. The van der Waals surface area contributed by atoms with Crippen LogP contribution >= 0.6 is 0 Å². The zero-order valence-corrected chi connectivity index (χ0v) is 14.9. The van der Waals surface area contributed by atoms with Gasteiger partial charge in [0.15, 0.2) is 5.54 Å². The molecule has 0 bridgehead atoms. The van der Waals surface area contributed by atoms with Crippen LogP contribution in [-0.2, 0) is 10.3 Å². The first kappa shape index (κ1) is 17.7. The van der Waals surface area contributed by atoms with Crippen LogP contribution in [0.2, 0.25) is 0 Å². The number of carbonyl (C=O) groups excluding carboxylic acids is 1. The van der Waals surface area contributed by atoms with E-state index in [4.69, 9.17) is 0 Å². The highest BCUT2D eigenvalue weighted by atomic mass is 16.4. The Balaban J connectivity index is 1.69. The Bertz CT molecular complexity index is 867. The number of aliphatic carboxylic acids is 1. The van der Waals surface area contributed by atoms with E-state index >= 15 is 0 Å². The van der Waals surface area contributed by atoms with E-state index in [9.17, 15) is 14.7 Å². The molecule has 0 atom stereocenters. The summed E-state index contributed by atoms with van der Waals surface area (Å²) in [4.78, 5) is 23.7. The molecule has 1 amide bonds. The van der Waals surface area contributed by atoms with E-state index < -0.39 is 11.5 Å². The number of benzene rings is 1. The molecular formula is C18H21N5O3. The zero-order valence-electron chi connectivity index (χ0n) is 14.9. The predicted molar refractivity (Wildman–Crippen MR) is 98.7 cm³/mol. The van der Waals surface area contributed by atoms with E-state index in [0.29, 0.717) is 11.3 Å². The van der Waals surface area contributed by atoms with Crippen molar-refractivity contribution in [1.29, 1.82) is 0 Å². The summed E-state index contributed by atoms with van der Waals surface area (Å²) in [6.45, 7) is 5.91. The van der Waals surface area contributed by atoms with Gasteiger partial charge in [0.05, 0.1) is 17.6 Å². The maximum Gasteiger partial charge on any atom is 0.331 e. The lowest BCUT2D eigenvalue weighted by molar-refractivity contribution is -0.146. The fraction of sp³-hybridized carbons (Fsp3) is 0.333. The highest BCUT2D eigenvalue weighted by molar-refractivity contribution is 6.04. The van der Waals surface area contributed by atoms with E-state index in [1.54, 1.807) is 12.1 Å². The predicted octanol–water partition coefficient (Wildman–Crippen LogP) is 2.54. The van der Waals surface area contributed by atoms with Gasteiger partial charge in [-0.05, 0) is 45.0 Å². The third-order valence-electron chi connectivity index (χ3n) is 4.34. The van der Waals surface area contributed by atoms with Crippen molar-refractivity contribution >= 4 is 29.0 Å². The second-order valence-corrected chi connectivity index (χ2v) is 6.75. The summed E-state index contributed by atoms with van der Waals surface area (Å²) >= 11 is 0. The number of nitrogens with zero attached hydrogens (tertiary/aromatic N) is 4. The van der Waals surface area contributed by atoms with E-state index in [1.165, 1.54) is 30.9 Å². The smallest absolute Gasteiger partial charge is 0.331 e. The number of nitrogens with one attached hydrogen (secondary N) is 1. The summed E-state index contributed by atoms with van der Waals surface area (Å²) in [7, 11) is 0. The Labute approximate surface area is 151 Å². The average molecular weight is 355 g/mol. The first-order chi connectivity index (χ1) is 12.3. The first-order valence-corrected chi connectivity index (χ1v) is 8.29. The van der Waals surface area contributed by atoms with Gasteiger partial charge >= 0.3 is 5.97 Å². The molecule has 1 aromatic heterocycles. The number of carboxylic acid groups (broad SMARTS) is 1. The SMILES string of the molecule is CC1=NN(c2ccc(C(=O)Nc3cnn(C(C)(C)C(=O)O)c3)cc2)CC1. The van der Waals surface area contributed by atoms with Crippen molar-refractivity contribution in [2.75, 3.05) is 16.9 Å². The van der Waals surface area contributed by atoms with Crippen LogP contribution in [0.1, 0.15) is 37.6 Å². The molecule has 0 spiro atoms. The van der Waals surface area contributed by atoms with E-state index in [1.807, 2.05) is 24.1 Å². The molecule has 26 heavy (non-hydrogen) atoms. The minimum Gasteiger partial charge on any atom is -0.479 e. The Morgan fingerprint density at radius 2 is 1.92 bits per heavy atom. The molecule has 2 aromatic rings. The summed E-state index contributed by atoms with van der Waals surface area (Å²) in [5.41, 5.74) is 1.77. The topological polar surface area (TPSA) is 99.8 Å². The zero-order chi connectivity index (χ0) is 18.9. The van der Waals surface area contributed by atoms with Crippen LogP contribution in [0.3, 0.4) is 0 Å². The summed E-state index contributed by atoms with van der Waals surface area (Å²) in [6.07, 6.45) is 3.87. The molecular weight excluding hydrogens is 334 g/mol. The van der Waals surface area contributed by atoms with Gasteiger partial charge in [-0.25, -0.2) is 4.79 Å². The number of hydrazone groups is 1. The van der Waals surface area contributed by atoms with Gasteiger partial charge in [0.25, 0.3) is 5.91 Å². The fourth-order valence-electron chi connectivity index (χ4n) is 2.54. The molecule has 0 aliphatic carbocycles. The Morgan fingerprint density at radius 3 is 2.50 bits per heavy atom. The maximum atomic E-state index is 12.4. The largest absolute Gasteiger partial charge is 0.479 e. The number of rotatable bonds is 5. The molecule has 0 fully saturated rings. The van der Waals surface area contributed by atoms with Crippen molar-refractivity contribution in [2.24, 2.45) is 5.10 Å². The van der Waals surface area contributed by atoms with Crippen LogP contribution in [0.25, 0.3) is 0 Å². The van der Waals surface area contributed by atoms with Crippen molar-refractivity contribution in [3.05, 3.63) is 42.2 Å². The molecule has 1 aliphatic rings. The normalized spacial score (nSPS) is 14.3. The van der Waals surface area contributed by atoms with Gasteiger partial charge in [0, 0.05) is 30.4 Å². The number of carbonyl (C=O) groups is 2. The van der Waals surface area contributed by atoms with Gasteiger partial charge in [-0.2, -0.15) is 10.2 Å². The molecule has 8 nitrogen and oxygen atoms in total. The molecule has 136 valence electrons. The average Bonchev–Trinajstić information content (AvgIpc) is 3.24. The van der Waals surface area contributed by atoms with Gasteiger partial charge in [-0.1, -0.05) is 0 Å². The number of hydrogen-bond acceptors (Lipinski definition) is 5. The third kappa shape index (κ3) is 3.44. The molecule has 1 aromatic carbocycles. The van der Waals surface area contributed by atoms with Crippen molar-refractivity contribution < 1.29 is 14.7 Å². The summed E-state index contributed by atoms with van der Waals surface area (Å²) in [5, 5.41) is 22.3. The second-order valence-electron chi connectivity index (χ2n) is 6.75. The number of hydrogen-bond donors (Lipinski definition) is 2. The highest BCUT2D eigenvalue weighted by Crippen LogP contribution is 2.21. The third-order valence-corrected chi connectivity index (χ3v) is 4.34. The van der Waals surface area contributed by atoms with Gasteiger partial charge in [-0.3, -0.25) is 14.5 Å². The van der Waals surface area contributed by atoms with Crippen LogP contribution in [-0.4, -0.2) is 39.0 Å². The minimum absolute atomic E-state index is 0.287. The molecule has 2 N–H and O–H groups in total. The van der Waals surface area contributed by atoms with Gasteiger partial charge in [0.2, 0.25) is 0 Å². The summed E-state index contributed by atoms with van der Waals surface area (Å²) in [5.74, 6) is -1.29. The van der Waals surface area contributed by atoms with E-state index in [0.717, 1.165) is 24.4 Å². The number of aromatic nitrogens is 2. The van der Waals surface area contributed by atoms with Gasteiger partial charge in [-0.15, -0.1) is 0 Å². The van der Waals surface area contributed by atoms with Crippen LogP contribution in [0.15, 0.2) is 41.8 Å². The molecule has 8 heteroatoms. The van der Waals surface area contributed by atoms with Gasteiger partial charge in [0.1, 0.15) is 0 Å². The van der Waals surface area contributed by atoms with Crippen molar-refractivity contribution in [2.45, 2.75) is 32.7 Å². The quantitative estimate of drug-likeness (QED) is 0.858. The van der Waals surface area contributed by atoms with Gasteiger partial charge < -0.3 is 10.4 Å². The van der Waals surface area contributed by atoms with E-state index in [-0.39, 0.29) is 5.91 Å². The fourth-order valence-corrected chi connectivity index (χ4v) is 2.54. The lowest BCUT2D eigenvalue weighted by atomic mass is 10.1. The summed E-state index contributed by atoms with van der Waals surface area (Å²) < 4.78 is 1.31. The first-order valence-electron chi connectivity index (χ1n) is 8.29. The maximum absolute atomic E-state index is 12.4. The summed E-state index contributed by atoms with van der Waals surface area (Å²) in [6, 6.07) is 7.18. The van der Waals surface area contributed by atoms with Crippen molar-refractivity contribution in [1.82, 2.24) is 9.78 Å². The molecule has 0 unspecified atom stereocenters. The number of anilines is 2.